The van der Waals surface area contributed by atoms with Crippen molar-refractivity contribution in [1.29, 1.82) is 0 Å². The molecule has 0 aliphatic heterocycles. The van der Waals surface area contributed by atoms with Crippen LogP contribution in [0.25, 0.3) is 10.2 Å². The zero-order valence-electron chi connectivity index (χ0n) is 18.2. The van der Waals surface area contributed by atoms with Crippen molar-refractivity contribution in [1.82, 2.24) is 9.88 Å². The van der Waals surface area contributed by atoms with E-state index in [1.165, 1.54) is 34.4 Å². The van der Waals surface area contributed by atoms with Gasteiger partial charge in [-0.2, -0.15) is 0 Å². The second kappa shape index (κ2) is 11.2. The number of sulfone groups is 1. The molecule has 2 aromatic carbocycles. The van der Waals surface area contributed by atoms with Crippen LogP contribution < -0.4 is 4.90 Å². The van der Waals surface area contributed by atoms with E-state index in [1.807, 2.05) is 20.8 Å². The molecule has 0 radical (unpaired) electrons. The number of carbonyl (C=O) groups is 1. The maximum absolute atomic E-state index is 14.1. The van der Waals surface area contributed by atoms with Gasteiger partial charge in [0.1, 0.15) is 17.1 Å². The minimum atomic E-state index is -3.82. The van der Waals surface area contributed by atoms with Gasteiger partial charge < -0.3 is 4.90 Å². The molecule has 0 unspecified atom stereocenters. The van der Waals surface area contributed by atoms with Crippen LogP contribution in [0.1, 0.15) is 19.4 Å². The second-order valence-electron chi connectivity index (χ2n) is 7.23. The Morgan fingerprint density at radius 1 is 1.06 bits per heavy atom. The predicted molar refractivity (Wildman–Crippen MR) is 130 cm³/mol. The normalized spacial score (nSPS) is 11.5. The summed E-state index contributed by atoms with van der Waals surface area (Å²) in [4.78, 5) is 21.1. The lowest BCUT2D eigenvalue weighted by molar-refractivity contribution is -0.116. The van der Waals surface area contributed by atoms with E-state index < -0.39 is 27.3 Å². The fourth-order valence-corrected chi connectivity index (χ4v) is 5.42. The molecule has 1 amide bonds. The Balaban J connectivity index is 0.00000363. The van der Waals surface area contributed by atoms with E-state index in [0.717, 1.165) is 18.7 Å². The summed E-state index contributed by atoms with van der Waals surface area (Å²) in [6.07, 6.45) is 0. The highest BCUT2D eigenvalue weighted by atomic mass is 35.5. The summed E-state index contributed by atoms with van der Waals surface area (Å²) in [6.45, 7) is 8.33. The summed E-state index contributed by atoms with van der Waals surface area (Å²) in [7, 11) is -3.82. The number of amides is 1. The Morgan fingerprint density at radius 3 is 2.31 bits per heavy atom. The van der Waals surface area contributed by atoms with Crippen LogP contribution in [0.15, 0.2) is 47.4 Å². The van der Waals surface area contributed by atoms with Gasteiger partial charge in [-0.25, -0.2) is 17.8 Å². The lowest BCUT2D eigenvalue weighted by atomic mass is 10.2. The molecular weight excluding hydrogens is 473 g/mol. The standard InChI is InChI=1S/C22H26FN3O3S2.ClH/c1-4-25(5-2)13-14-26(22-24-21-18(23)7-6-8-19(21)30-22)20(27)15-31(28,29)17-11-9-16(3)10-12-17;/h6-12H,4-5,13-15H2,1-3H3;1H. The molecule has 0 saturated heterocycles. The van der Waals surface area contributed by atoms with E-state index in [0.29, 0.717) is 16.4 Å². The van der Waals surface area contributed by atoms with E-state index in [4.69, 9.17) is 0 Å². The Morgan fingerprint density at radius 2 is 1.72 bits per heavy atom. The maximum Gasteiger partial charge on any atom is 0.244 e. The van der Waals surface area contributed by atoms with Crippen LogP contribution in [-0.2, 0) is 14.6 Å². The van der Waals surface area contributed by atoms with E-state index in [-0.39, 0.29) is 29.4 Å². The molecule has 0 fully saturated rings. The zero-order chi connectivity index (χ0) is 22.6. The van der Waals surface area contributed by atoms with Crippen LogP contribution in [-0.4, -0.2) is 56.1 Å². The van der Waals surface area contributed by atoms with Crippen LogP contribution in [0, 0.1) is 12.7 Å². The first-order chi connectivity index (χ1) is 14.7. The molecule has 3 aromatic rings. The Labute approximate surface area is 198 Å². The van der Waals surface area contributed by atoms with Crippen LogP contribution >= 0.6 is 23.7 Å². The fourth-order valence-electron chi connectivity index (χ4n) is 3.20. The number of likely N-dealkylation sites (N-methyl/N-ethyl adjacent to an activating group) is 1. The van der Waals surface area contributed by atoms with Gasteiger partial charge in [-0.15, -0.1) is 12.4 Å². The molecule has 0 atom stereocenters. The summed E-state index contributed by atoms with van der Waals surface area (Å²) >= 11 is 1.18. The largest absolute Gasteiger partial charge is 0.302 e. The lowest BCUT2D eigenvalue weighted by Crippen LogP contribution is -2.41. The molecule has 3 rings (SSSR count). The maximum atomic E-state index is 14.1. The van der Waals surface area contributed by atoms with E-state index >= 15 is 0 Å². The summed E-state index contributed by atoms with van der Waals surface area (Å²) < 4.78 is 40.4. The molecule has 0 spiro atoms. The number of carbonyl (C=O) groups excluding carboxylic acids is 1. The number of rotatable bonds is 9. The number of aromatic nitrogens is 1. The van der Waals surface area contributed by atoms with Gasteiger partial charge in [-0.05, 0) is 44.3 Å². The molecule has 32 heavy (non-hydrogen) atoms. The Kier molecular flexibility index (Phi) is 9.15. The van der Waals surface area contributed by atoms with Crippen molar-refractivity contribution < 1.29 is 17.6 Å². The SMILES string of the molecule is CCN(CC)CCN(C(=O)CS(=O)(=O)c1ccc(C)cc1)c1nc2c(F)cccc2s1.Cl. The molecular formula is C22H27ClFN3O3S2. The van der Waals surface area contributed by atoms with Crippen LogP contribution in [0.3, 0.4) is 0 Å². The van der Waals surface area contributed by atoms with Crippen molar-refractivity contribution in [3.63, 3.8) is 0 Å². The number of para-hydroxylation sites is 1. The molecule has 0 N–H and O–H groups in total. The Bertz CT molecular complexity index is 1160. The molecule has 6 nitrogen and oxygen atoms in total. The number of aryl methyl sites for hydroxylation is 1. The summed E-state index contributed by atoms with van der Waals surface area (Å²) in [6, 6.07) is 11.0. The van der Waals surface area contributed by atoms with Gasteiger partial charge in [-0.1, -0.05) is 48.9 Å². The predicted octanol–water partition coefficient (Wildman–Crippen LogP) is 4.31. The fraction of sp³-hybridized carbons (Fsp3) is 0.364. The number of fused-ring (bicyclic) bond motifs is 1. The topological polar surface area (TPSA) is 70.6 Å². The first-order valence-corrected chi connectivity index (χ1v) is 12.6. The second-order valence-corrected chi connectivity index (χ2v) is 10.2. The van der Waals surface area contributed by atoms with Crippen molar-refractivity contribution in [3.8, 4) is 0 Å². The first-order valence-electron chi connectivity index (χ1n) is 10.1. The van der Waals surface area contributed by atoms with E-state index in [2.05, 4.69) is 9.88 Å². The van der Waals surface area contributed by atoms with E-state index in [9.17, 15) is 17.6 Å². The van der Waals surface area contributed by atoms with Crippen molar-refractivity contribution >= 4 is 54.8 Å². The molecule has 0 aliphatic rings. The zero-order valence-corrected chi connectivity index (χ0v) is 20.7. The monoisotopic (exact) mass is 499 g/mol. The average molecular weight is 500 g/mol. The summed E-state index contributed by atoms with van der Waals surface area (Å²) in [5.74, 6) is -1.72. The van der Waals surface area contributed by atoms with Gasteiger partial charge in [0, 0.05) is 13.1 Å². The van der Waals surface area contributed by atoms with Crippen molar-refractivity contribution in [2.45, 2.75) is 25.7 Å². The lowest BCUT2D eigenvalue weighted by Gasteiger charge is -2.24. The number of anilines is 1. The molecule has 174 valence electrons. The average Bonchev–Trinajstić information content (AvgIpc) is 3.16. The van der Waals surface area contributed by atoms with E-state index in [1.54, 1.807) is 24.3 Å². The number of hydrogen-bond donors (Lipinski definition) is 0. The highest BCUT2D eigenvalue weighted by Gasteiger charge is 2.27. The Hall–Kier alpha value is -2.07. The number of benzene rings is 2. The first kappa shape index (κ1) is 26.2. The third-order valence-electron chi connectivity index (χ3n) is 5.12. The highest BCUT2D eigenvalue weighted by molar-refractivity contribution is 7.92. The third-order valence-corrected chi connectivity index (χ3v) is 7.78. The molecule has 1 heterocycles. The van der Waals surface area contributed by atoms with Gasteiger partial charge in [0.05, 0.1) is 9.60 Å². The van der Waals surface area contributed by atoms with Gasteiger partial charge in [-0.3, -0.25) is 9.69 Å². The highest BCUT2D eigenvalue weighted by Crippen LogP contribution is 2.30. The van der Waals surface area contributed by atoms with Crippen molar-refractivity contribution in [2.75, 3.05) is 36.8 Å². The summed E-state index contributed by atoms with van der Waals surface area (Å²) in [5, 5.41) is 0.302. The van der Waals surface area contributed by atoms with Crippen molar-refractivity contribution in [2.24, 2.45) is 0 Å². The van der Waals surface area contributed by atoms with Gasteiger partial charge in [0.25, 0.3) is 0 Å². The molecule has 10 heteroatoms. The van der Waals surface area contributed by atoms with Gasteiger partial charge in [0.2, 0.25) is 5.91 Å². The third kappa shape index (κ3) is 6.04. The summed E-state index contributed by atoms with van der Waals surface area (Å²) in [5.41, 5.74) is 1.12. The van der Waals surface area contributed by atoms with Crippen LogP contribution in [0.5, 0.6) is 0 Å². The smallest absolute Gasteiger partial charge is 0.244 e. The number of nitrogens with zero attached hydrogens (tertiary/aromatic N) is 3. The number of thiazole rings is 1. The molecule has 0 saturated carbocycles. The minimum absolute atomic E-state index is 0. The van der Waals surface area contributed by atoms with Crippen molar-refractivity contribution in [3.05, 3.63) is 53.8 Å². The molecule has 1 aromatic heterocycles. The number of hydrogen-bond acceptors (Lipinski definition) is 6. The van der Waals surface area contributed by atoms with Gasteiger partial charge >= 0.3 is 0 Å². The number of halogens is 2. The van der Waals surface area contributed by atoms with Crippen LogP contribution in [0.2, 0.25) is 0 Å². The molecule has 0 bridgehead atoms. The van der Waals surface area contributed by atoms with Gasteiger partial charge in [0.15, 0.2) is 15.0 Å². The quantitative estimate of drug-likeness (QED) is 0.438. The van der Waals surface area contributed by atoms with Crippen LogP contribution in [0.4, 0.5) is 9.52 Å². The molecule has 0 aliphatic carbocycles. The minimum Gasteiger partial charge on any atom is -0.302 e.